The van der Waals surface area contributed by atoms with Crippen LogP contribution in [-0.2, 0) is 6.42 Å². The molecule has 0 saturated carbocycles. The van der Waals surface area contributed by atoms with E-state index in [9.17, 15) is 0 Å². The molecule has 86 valence electrons. The minimum absolute atomic E-state index is 0.263. The van der Waals surface area contributed by atoms with Gasteiger partial charge in [-0.15, -0.1) is 6.58 Å². The number of nitrogens with two attached hydrogens (primary N) is 1. The highest BCUT2D eigenvalue weighted by atomic mass is 16.5. The van der Waals surface area contributed by atoms with Crippen molar-refractivity contribution in [2.24, 2.45) is 5.73 Å². The van der Waals surface area contributed by atoms with Crippen molar-refractivity contribution in [3.05, 3.63) is 42.0 Å². The summed E-state index contributed by atoms with van der Waals surface area (Å²) in [5, 5.41) is 0. The SMILES string of the molecule is C=CC[C@@H]1c2ccc(OC)cc2CC[C@@H]1N. The Balaban J connectivity index is 2.36. The molecule has 0 aliphatic heterocycles. The highest BCUT2D eigenvalue weighted by Gasteiger charge is 2.25. The van der Waals surface area contributed by atoms with Crippen LogP contribution in [-0.4, -0.2) is 13.2 Å². The Bertz CT molecular complexity index is 386. The van der Waals surface area contributed by atoms with Crippen LogP contribution in [0.5, 0.6) is 5.75 Å². The van der Waals surface area contributed by atoms with Crippen LogP contribution < -0.4 is 10.5 Å². The molecular formula is C14H19NO. The van der Waals surface area contributed by atoms with Crippen molar-refractivity contribution in [1.82, 2.24) is 0 Å². The van der Waals surface area contributed by atoms with Gasteiger partial charge in [0.2, 0.25) is 0 Å². The summed E-state index contributed by atoms with van der Waals surface area (Å²) >= 11 is 0. The summed E-state index contributed by atoms with van der Waals surface area (Å²) in [6.07, 6.45) is 5.03. The Kier molecular flexibility index (Phi) is 3.30. The Morgan fingerprint density at radius 3 is 3.06 bits per heavy atom. The Labute approximate surface area is 97.1 Å². The molecule has 1 aliphatic rings. The van der Waals surface area contributed by atoms with Crippen molar-refractivity contribution < 1.29 is 4.74 Å². The maximum atomic E-state index is 6.17. The number of hydrogen-bond acceptors (Lipinski definition) is 2. The van der Waals surface area contributed by atoms with Gasteiger partial charge in [-0.1, -0.05) is 12.1 Å². The third kappa shape index (κ3) is 1.98. The number of hydrogen-bond donors (Lipinski definition) is 1. The maximum Gasteiger partial charge on any atom is 0.119 e. The van der Waals surface area contributed by atoms with Gasteiger partial charge in [-0.25, -0.2) is 0 Å². The lowest BCUT2D eigenvalue weighted by atomic mass is 9.78. The number of ether oxygens (including phenoxy) is 1. The molecule has 1 aliphatic carbocycles. The second-order valence-electron chi connectivity index (χ2n) is 4.40. The van der Waals surface area contributed by atoms with Crippen molar-refractivity contribution >= 4 is 0 Å². The fourth-order valence-corrected chi connectivity index (χ4v) is 2.52. The summed E-state index contributed by atoms with van der Waals surface area (Å²) in [5.41, 5.74) is 8.93. The second kappa shape index (κ2) is 4.71. The molecular weight excluding hydrogens is 198 g/mol. The van der Waals surface area contributed by atoms with Crippen LogP contribution in [0.4, 0.5) is 0 Å². The van der Waals surface area contributed by atoms with E-state index in [1.165, 1.54) is 11.1 Å². The molecule has 16 heavy (non-hydrogen) atoms. The normalized spacial score (nSPS) is 23.6. The third-order valence-corrected chi connectivity index (χ3v) is 3.43. The Hall–Kier alpha value is -1.28. The second-order valence-corrected chi connectivity index (χ2v) is 4.40. The topological polar surface area (TPSA) is 35.2 Å². The lowest BCUT2D eigenvalue weighted by molar-refractivity contribution is 0.411. The molecule has 0 aromatic heterocycles. The van der Waals surface area contributed by atoms with Crippen LogP contribution in [0, 0.1) is 0 Å². The summed E-state index contributed by atoms with van der Waals surface area (Å²) in [4.78, 5) is 0. The predicted octanol–water partition coefficient (Wildman–Crippen LogP) is 2.63. The summed E-state index contributed by atoms with van der Waals surface area (Å²) in [7, 11) is 1.71. The molecule has 2 N–H and O–H groups in total. The number of benzene rings is 1. The zero-order valence-electron chi connectivity index (χ0n) is 9.78. The van der Waals surface area contributed by atoms with E-state index in [2.05, 4.69) is 18.7 Å². The number of allylic oxidation sites excluding steroid dienone is 1. The van der Waals surface area contributed by atoms with Crippen LogP contribution in [0.25, 0.3) is 0 Å². The van der Waals surface area contributed by atoms with Gasteiger partial charge in [0, 0.05) is 12.0 Å². The average Bonchev–Trinajstić information content (AvgIpc) is 2.32. The minimum atomic E-state index is 0.263. The van der Waals surface area contributed by atoms with Gasteiger partial charge in [0.05, 0.1) is 7.11 Å². The maximum absolute atomic E-state index is 6.17. The lowest BCUT2D eigenvalue weighted by Crippen LogP contribution is -2.32. The van der Waals surface area contributed by atoms with Gasteiger partial charge >= 0.3 is 0 Å². The van der Waals surface area contributed by atoms with Crippen molar-refractivity contribution in [2.45, 2.75) is 31.2 Å². The molecule has 0 fully saturated rings. The number of rotatable bonds is 3. The predicted molar refractivity (Wildman–Crippen MR) is 66.8 cm³/mol. The standard InChI is InChI=1S/C14H19NO/c1-3-4-13-12-7-6-11(16-2)9-10(12)5-8-14(13)15/h3,6-7,9,13-14H,1,4-5,8,15H2,2H3/t13-,14+/m1/s1. The van der Waals surface area contributed by atoms with E-state index in [0.717, 1.165) is 25.0 Å². The van der Waals surface area contributed by atoms with Crippen molar-refractivity contribution in [2.75, 3.05) is 7.11 Å². The average molecular weight is 217 g/mol. The fourth-order valence-electron chi connectivity index (χ4n) is 2.52. The first-order valence-electron chi connectivity index (χ1n) is 5.79. The zero-order chi connectivity index (χ0) is 11.5. The van der Waals surface area contributed by atoms with E-state index in [4.69, 9.17) is 10.5 Å². The third-order valence-electron chi connectivity index (χ3n) is 3.43. The molecule has 2 atom stereocenters. The lowest BCUT2D eigenvalue weighted by Gasteiger charge is -2.30. The van der Waals surface area contributed by atoms with E-state index in [0.29, 0.717) is 5.92 Å². The molecule has 2 heteroatoms. The van der Waals surface area contributed by atoms with Crippen LogP contribution in [0.15, 0.2) is 30.9 Å². The molecule has 0 spiro atoms. The van der Waals surface area contributed by atoms with Crippen molar-refractivity contribution in [3.8, 4) is 5.75 Å². The summed E-state index contributed by atoms with van der Waals surface area (Å²) < 4.78 is 5.25. The Morgan fingerprint density at radius 2 is 2.38 bits per heavy atom. The van der Waals surface area contributed by atoms with Crippen LogP contribution >= 0.6 is 0 Å². The first kappa shape index (κ1) is 11.2. The number of fused-ring (bicyclic) bond motifs is 1. The highest BCUT2D eigenvalue weighted by Crippen LogP contribution is 2.35. The van der Waals surface area contributed by atoms with Gasteiger partial charge in [-0.05, 0) is 42.5 Å². The quantitative estimate of drug-likeness (QED) is 0.790. The molecule has 1 aromatic carbocycles. The van der Waals surface area contributed by atoms with Gasteiger partial charge in [0.25, 0.3) is 0 Å². The van der Waals surface area contributed by atoms with Gasteiger partial charge in [-0.2, -0.15) is 0 Å². The molecule has 2 nitrogen and oxygen atoms in total. The molecule has 0 bridgehead atoms. The fraction of sp³-hybridized carbons (Fsp3) is 0.429. The molecule has 0 amide bonds. The van der Waals surface area contributed by atoms with E-state index >= 15 is 0 Å². The first-order valence-corrected chi connectivity index (χ1v) is 5.79. The molecule has 2 rings (SSSR count). The molecule has 1 aromatic rings. The van der Waals surface area contributed by atoms with Gasteiger partial charge < -0.3 is 10.5 Å². The van der Waals surface area contributed by atoms with Crippen LogP contribution in [0.3, 0.4) is 0 Å². The molecule has 0 saturated heterocycles. The minimum Gasteiger partial charge on any atom is -0.497 e. The van der Waals surface area contributed by atoms with E-state index in [1.807, 2.05) is 12.1 Å². The first-order chi connectivity index (χ1) is 7.76. The van der Waals surface area contributed by atoms with E-state index in [1.54, 1.807) is 7.11 Å². The Morgan fingerprint density at radius 1 is 1.56 bits per heavy atom. The monoisotopic (exact) mass is 217 g/mol. The highest BCUT2D eigenvalue weighted by molar-refractivity contribution is 5.40. The number of methoxy groups -OCH3 is 1. The van der Waals surface area contributed by atoms with Crippen LogP contribution in [0.2, 0.25) is 0 Å². The number of aryl methyl sites for hydroxylation is 1. The van der Waals surface area contributed by atoms with Crippen molar-refractivity contribution in [3.63, 3.8) is 0 Å². The van der Waals surface area contributed by atoms with E-state index in [-0.39, 0.29) is 6.04 Å². The van der Waals surface area contributed by atoms with Crippen LogP contribution in [0.1, 0.15) is 29.9 Å². The van der Waals surface area contributed by atoms with Crippen molar-refractivity contribution in [1.29, 1.82) is 0 Å². The molecule has 0 radical (unpaired) electrons. The van der Waals surface area contributed by atoms with E-state index < -0.39 is 0 Å². The summed E-state index contributed by atoms with van der Waals surface area (Å²) in [6.45, 7) is 3.82. The van der Waals surface area contributed by atoms with Gasteiger partial charge in [-0.3, -0.25) is 0 Å². The molecule has 0 unspecified atom stereocenters. The smallest absolute Gasteiger partial charge is 0.119 e. The molecule has 0 heterocycles. The largest absolute Gasteiger partial charge is 0.497 e. The van der Waals surface area contributed by atoms with Gasteiger partial charge in [0.15, 0.2) is 0 Å². The summed E-state index contributed by atoms with van der Waals surface area (Å²) in [6, 6.07) is 6.57. The zero-order valence-corrected chi connectivity index (χ0v) is 9.78. The summed E-state index contributed by atoms with van der Waals surface area (Å²) in [5.74, 6) is 1.36. The van der Waals surface area contributed by atoms with Gasteiger partial charge in [0.1, 0.15) is 5.75 Å².